The van der Waals surface area contributed by atoms with Crippen LogP contribution in [0.1, 0.15) is 135 Å². The summed E-state index contributed by atoms with van der Waals surface area (Å²) in [7, 11) is 0. The summed E-state index contributed by atoms with van der Waals surface area (Å²) in [6.07, 6.45) is 20.9. The highest BCUT2D eigenvalue weighted by Gasteiger charge is 2.09. The van der Waals surface area contributed by atoms with Gasteiger partial charge in [0.25, 0.3) is 0 Å². The van der Waals surface area contributed by atoms with Crippen LogP contribution in [0.5, 0.6) is 0 Å². The highest BCUT2D eigenvalue weighted by molar-refractivity contribution is 7.80. The zero-order valence-electron chi connectivity index (χ0n) is 21.8. The SMILES string of the molecule is CCCCCCCCCCCCCCCC(=O)Nc1cc(C(=S)NCCCC)ccc1CC. The Balaban J connectivity index is 2.21. The predicted molar refractivity (Wildman–Crippen MR) is 149 cm³/mol. The molecule has 1 aromatic rings. The van der Waals surface area contributed by atoms with Gasteiger partial charge in [-0.2, -0.15) is 0 Å². The molecular formula is C29H50N2OS. The molecule has 0 atom stereocenters. The first-order valence-electron chi connectivity index (χ1n) is 13.8. The molecule has 0 aliphatic carbocycles. The molecule has 0 radical (unpaired) electrons. The van der Waals surface area contributed by atoms with Crippen LogP contribution in [0.4, 0.5) is 5.69 Å². The number of amides is 1. The smallest absolute Gasteiger partial charge is 0.224 e. The number of thiocarbonyl (C=S) groups is 1. The minimum Gasteiger partial charge on any atom is -0.376 e. The van der Waals surface area contributed by atoms with E-state index < -0.39 is 0 Å². The van der Waals surface area contributed by atoms with E-state index in [-0.39, 0.29) is 5.91 Å². The van der Waals surface area contributed by atoms with Gasteiger partial charge in [-0.1, -0.05) is 129 Å². The van der Waals surface area contributed by atoms with Gasteiger partial charge in [-0.05, 0) is 30.9 Å². The molecule has 2 N–H and O–H groups in total. The van der Waals surface area contributed by atoms with Crippen LogP contribution in [0.2, 0.25) is 0 Å². The van der Waals surface area contributed by atoms with E-state index in [1.807, 2.05) is 6.07 Å². The normalized spacial score (nSPS) is 10.9. The van der Waals surface area contributed by atoms with E-state index >= 15 is 0 Å². The first-order chi connectivity index (χ1) is 16.1. The Labute approximate surface area is 209 Å². The highest BCUT2D eigenvalue weighted by atomic mass is 32.1. The van der Waals surface area contributed by atoms with Crippen molar-refractivity contribution in [3.63, 3.8) is 0 Å². The van der Waals surface area contributed by atoms with Crippen LogP contribution >= 0.6 is 12.2 Å². The molecule has 0 unspecified atom stereocenters. The second-order valence-corrected chi connectivity index (χ2v) is 9.78. The number of unbranched alkanes of at least 4 members (excludes halogenated alkanes) is 13. The molecule has 33 heavy (non-hydrogen) atoms. The molecule has 1 aromatic carbocycles. The van der Waals surface area contributed by atoms with E-state index in [0.717, 1.165) is 60.5 Å². The lowest BCUT2D eigenvalue weighted by atomic mass is 10.0. The number of hydrogen-bond donors (Lipinski definition) is 2. The maximum Gasteiger partial charge on any atom is 0.224 e. The minimum atomic E-state index is 0.120. The van der Waals surface area contributed by atoms with Gasteiger partial charge in [0, 0.05) is 24.2 Å². The average molecular weight is 475 g/mol. The van der Waals surface area contributed by atoms with E-state index in [4.69, 9.17) is 12.2 Å². The van der Waals surface area contributed by atoms with Crippen molar-refractivity contribution in [3.05, 3.63) is 29.3 Å². The lowest BCUT2D eigenvalue weighted by Gasteiger charge is -2.14. The van der Waals surface area contributed by atoms with Gasteiger partial charge in [0.15, 0.2) is 0 Å². The zero-order valence-corrected chi connectivity index (χ0v) is 22.6. The van der Waals surface area contributed by atoms with E-state index in [2.05, 4.69) is 43.5 Å². The molecule has 0 saturated heterocycles. The molecule has 1 rings (SSSR count). The summed E-state index contributed by atoms with van der Waals surface area (Å²) in [6, 6.07) is 6.17. The summed E-state index contributed by atoms with van der Waals surface area (Å²) >= 11 is 5.53. The first-order valence-corrected chi connectivity index (χ1v) is 14.2. The minimum absolute atomic E-state index is 0.120. The molecule has 0 spiro atoms. The van der Waals surface area contributed by atoms with Crippen LogP contribution in [-0.4, -0.2) is 17.4 Å². The van der Waals surface area contributed by atoms with E-state index in [1.165, 1.54) is 70.6 Å². The van der Waals surface area contributed by atoms with Crippen LogP contribution in [-0.2, 0) is 11.2 Å². The molecule has 0 fully saturated rings. The highest BCUT2D eigenvalue weighted by Crippen LogP contribution is 2.20. The fourth-order valence-electron chi connectivity index (χ4n) is 4.14. The van der Waals surface area contributed by atoms with Crippen molar-refractivity contribution in [3.8, 4) is 0 Å². The van der Waals surface area contributed by atoms with Crippen LogP contribution < -0.4 is 10.6 Å². The van der Waals surface area contributed by atoms with Gasteiger partial charge in [-0.15, -0.1) is 0 Å². The van der Waals surface area contributed by atoms with Gasteiger partial charge < -0.3 is 10.6 Å². The Kier molecular flexibility index (Phi) is 17.9. The van der Waals surface area contributed by atoms with E-state index in [1.54, 1.807) is 0 Å². The lowest BCUT2D eigenvalue weighted by molar-refractivity contribution is -0.116. The summed E-state index contributed by atoms with van der Waals surface area (Å²) in [5, 5.41) is 6.46. The van der Waals surface area contributed by atoms with Gasteiger partial charge in [0.1, 0.15) is 4.99 Å². The van der Waals surface area contributed by atoms with Gasteiger partial charge in [0.2, 0.25) is 5.91 Å². The van der Waals surface area contributed by atoms with Gasteiger partial charge >= 0.3 is 0 Å². The summed E-state index contributed by atoms with van der Waals surface area (Å²) in [4.78, 5) is 13.3. The molecule has 0 aliphatic heterocycles. The zero-order chi connectivity index (χ0) is 24.2. The Bertz CT molecular complexity index is 659. The second-order valence-electron chi connectivity index (χ2n) is 9.38. The third kappa shape index (κ3) is 14.4. The molecule has 0 bridgehead atoms. The van der Waals surface area contributed by atoms with Crippen LogP contribution in [0.25, 0.3) is 0 Å². The van der Waals surface area contributed by atoms with Gasteiger partial charge in [-0.25, -0.2) is 0 Å². The van der Waals surface area contributed by atoms with Crippen molar-refractivity contribution >= 4 is 28.8 Å². The number of rotatable bonds is 20. The van der Waals surface area contributed by atoms with Crippen molar-refractivity contribution in [2.75, 3.05) is 11.9 Å². The summed E-state index contributed by atoms with van der Waals surface area (Å²) in [5.41, 5.74) is 3.05. The molecule has 0 aromatic heterocycles. The largest absolute Gasteiger partial charge is 0.376 e. The van der Waals surface area contributed by atoms with Gasteiger partial charge in [-0.3, -0.25) is 4.79 Å². The summed E-state index contributed by atoms with van der Waals surface area (Å²) in [6.45, 7) is 7.46. The standard InChI is InChI=1S/C29H50N2OS/c1-4-7-9-10-11-12-13-14-15-16-17-18-19-20-28(32)31-27-24-26(22-21-25(27)6-3)29(33)30-23-8-5-2/h21-22,24H,4-20,23H2,1-3H3,(H,30,33)(H,31,32). The van der Waals surface area contributed by atoms with E-state index in [0.29, 0.717) is 6.42 Å². The third-order valence-corrected chi connectivity index (χ3v) is 6.73. The maximum absolute atomic E-state index is 12.5. The van der Waals surface area contributed by atoms with Crippen molar-refractivity contribution < 1.29 is 4.79 Å². The van der Waals surface area contributed by atoms with Crippen LogP contribution in [0, 0.1) is 0 Å². The topological polar surface area (TPSA) is 41.1 Å². The molecule has 188 valence electrons. The summed E-state index contributed by atoms with van der Waals surface area (Å²) in [5.74, 6) is 0.120. The first kappa shape index (κ1) is 29.6. The van der Waals surface area contributed by atoms with E-state index in [9.17, 15) is 4.79 Å². The molecule has 0 aliphatic rings. The number of carbonyl (C=O) groups is 1. The third-order valence-electron chi connectivity index (χ3n) is 6.35. The molecule has 4 heteroatoms. The lowest BCUT2D eigenvalue weighted by Crippen LogP contribution is -2.23. The molecule has 0 heterocycles. The fourth-order valence-corrected chi connectivity index (χ4v) is 4.37. The number of aryl methyl sites for hydroxylation is 1. The van der Waals surface area contributed by atoms with Crippen molar-refractivity contribution in [1.82, 2.24) is 5.32 Å². The number of benzene rings is 1. The Morgan fingerprint density at radius 2 is 1.30 bits per heavy atom. The van der Waals surface area contributed by atoms with Crippen LogP contribution in [0.3, 0.4) is 0 Å². The molecule has 3 nitrogen and oxygen atoms in total. The molecular weight excluding hydrogens is 424 g/mol. The molecule has 1 amide bonds. The van der Waals surface area contributed by atoms with Crippen molar-refractivity contribution in [1.29, 1.82) is 0 Å². The maximum atomic E-state index is 12.5. The Morgan fingerprint density at radius 1 is 0.758 bits per heavy atom. The summed E-state index contributed by atoms with van der Waals surface area (Å²) < 4.78 is 0. The average Bonchev–Trinajstić information content (AvgIpc) is 2.82. The number of hydrogen-bond acceptors (Lipinski definition) is 2. The van der Waals surface area contributed by atoms with Crippen LogP contribution in [0.15, 0.2) is 18.2 Å². The quantitative estimate of drug-likeness (QED) is 0.147. The number of nitrogens with one attached hydrogen (secondary N) is 2. The predicted octanol–water partition coefficient (Wildman–Crippen LogP) is 8.73. The Morgan fingerprint density at radius 3 is 1.85 bits per heavy atom. The second kappa shape index (κ2) is 20.0. The van der Waals surface area contributed by atoms with Crippen molar-refractivity contribution in [2.45, 2.75) is 130 Å². The van der Waals surface area contributed by atoms with Crippen molar-refractivity contribution in [2.24, 2.45) is 0 Å². The number of anilines is 1. The molecule has 0 saturated carbocycles. The fraction of sp³-hybridized carbons (Fsp3) is 0.724. The monoisotopic (exact) mass is 474 g/mol. The number of carbonyl (C=O) groups excluding carboxylic acids is 1. The Hall–Kier alpha value is -1.42. The van der Waals surface area contributed by atoms with Gasteiger partial charge in [0.05, 0.1) is 0 Å².